The van der Waals surface area contributed by atoms with E-state index in [1.807, 2.05) is 0 Å². The van der Waals surface area contributed by atoms with Crippen molar-refractivity contribution in [2.24, 2.45) is 7.05 Å². The van der Waals surface area contributed by atoms with Gasteiger partial charge in [-0.05, 0) is 24.3 Å². The molecule has 0 aliphatic carbocycles. The second-order valence-corrected chi connectivity index (χ2v) is 7.39. The first-order valence-corrected chi connectivity index (χ1v) is 8.57. The summed E-state index contributed by atoms with van der Waals surface area (Å²) in [6, 6.07) is 5.19. The number of aromatic carboxylic acids is 1. The van der Waals surface area contributed by atoms with Gasteiger partial charge < -0.3 is 9.67 Å². The summed E-state index contributed by atoms with van der Waals surface area (Å²) >= 11 is 1.30. The number of hydrogen-bond acceptors (Lipinski definition) is 6. The standard InChI is InChI=1S/C12H13N3O4S2/c1-15-8-13-14-12(15)20-6-7-21(18,19)10-4-2-9(3-5-10)11(16)17/h2-5,8H,6-7H2,1H3,(H,16,17). The molecule has 0 aliphatic rings. The minimum absolute atomic E-state index is 0.0578. The van der Waals surface area contributed by atoms with E-state index in [4.69, 9.17) is 5.11 Å². The molecule has 9 heteroatoms. The Hall–Kier alpha value is -1.87. The van der Waals surface area contributed by atoms with Crippen molar-refractivity contribution in [1.82, 2.24) is 14.8 Å². The fourth-order valence-corrected chi connectivity index (χ4v) is 4.10. The van der Waals surface area contributed by atoms with Gasteiger partial charge in [-0.25, -0.2) is 13.2 Å². The van der Waals surface area contributed by atoms with Gasteiger partial charge in [0.25, 0.3) is 0 Å². The smallest absolute Gasteiger partial charge is 0.335 e. The highest BCUT2D eigenvalue weighted by Crippen LogP contribution is 2.17. The molecule has 0 radical (unpaired) electrons. The molecule has 0 bridgehead atoms. The molecule has 2 rings (SSSR count). The van der Waals surface area contributed by atoms with Gasteiger partial charge in [-0.15, -0.1) is 10.2 Å². The van der Waals surface area contributed by atoms with Crippen LogP contribution in [0.4, 0.5) is 0 Å². The molecule has 1 heterocycles. The molecule has 0 unspecified atom stereocenters. The Bertz CT molecular complexity index is 738. The average Bonchev–Trinajstić information content (AvgIpc) is 2.84. The van der Waals surface area contributed by atoms with Crippen LogP contribution in [-0.2, 0) is 16.9 Å². The number of carboxylic acids is 1. The normalized spacial score (nSPS) is 11.5. The summed E-state index contributed by atoms with van der Waals surface area (Å²) in [7, 11) is -1.66. The number of aromatic nitrogens is 3. The third-order valence-corrected chi connectivity index (χ3v) is 5.74. The Balaban J connectivity index is 2.01. The summed E-state index contributed by atoms with van der Waals surface area (Å²) in [6.07, 6.45) is 1.54. The van der Waals surface area contributed by atoms with Gasteiger partial charge in [0, 0.05) is 12.8 Å². The average molecular weight is 327 g/mol. The summed E-state index contributed by atoms with van der Waals surface area (Å²) in [6.45, 7) is 0. The van der Waals surface area contributed by atoms with Crippen LogP contribution in [0.2, 0.25) is 0 Å². The van der Waals surface area contributed by atoms with E-state index >= 15 is 0 Å². The molecule has 0 spiro atoms. The number of benzene rings is 1. The molecular formula is C12H13N3O4S2. The molecule has 0 saturated carbocycles. The SMILES string of the molecule is Cn1cnnc1SCCS(=O)(=O)c1ccc(C(=O)O)cc1. The van der Waals surface area contributed by atoms with Crippen LogP contribution < -0.4 is 0 Å². The number of sulfone groups is 1. The van der Waals surface area contributed by atoms with Crippen LogP contribution in [0.15, 0.2) is 40.6 Å². The molecule has 1 aromatic heterocycles. The van der Waals surface area contributed by atoms with Gasteiger partial charge in [-0.3, -0.25) is 0 Å². The molecule has 1 N–H and O–H groups in total. The number of nitrogens with zero attached hydrogens (tertiary/aromatic N) is 3. The van der Waals surface area contributed by atoms with Crippen molar-refractivity contribution in [3.8, 4) is 0 Å². The second-order valence-electron chi connectivity index (χ2n) is 4.22. The van der Waals surface area contributed by atoms with E-state index < -0.39 is 15.8 Å². The number of thioether (sulfide) groups is 1. The van der Waals surface area contributed by atoms with Crippen LogP contribution in [0.3, 0.4) is 0 Å². The molecule has 21 heavy (non-hydrogen) atoms. The van der Waals surface area contributed by atoms with Crippen molar-refractivity contribution in [2.45, 2.75) is 10.1 Å². The van der Waals surface area contributed by atoms with Crippen molar-refractivity contribution in [1.29, 1.82) is 0 Å². The van der Waals surface area contributed by atoms with Gasteiger partial charge in [0.1, 0.15) is 6.33 Å². The van der Waals surface area contributed by atoms with Crippen LogP contribution in [0.25, 0.3) is 0 Å². The summed E-state index contributed by atoms with van der Waals surface area (Å²) in [5.74, 6) is -0.802. The molecule has 7 nitrogen and oxygen atoms in total. The van der Waals surface area contributed by atoms with Gasteiger partial charge >= 0.3 is 5.97 Å². The highest BCUT2D eigenvalue weighted by atomic mass is 32.2. The number of carbonyl (C=O) groups is 1. The maximum absolute atomic E-state index is 12.1. The van der Waals surface area contributed by atoms with Crippen LogP contribution >= 0.6 is 11.8 Å². The van der Waals surface area contributed by atoms with E-state index in [0.717, 1.165) is 0 Å². The molecule has 0 amide bonds. The van der Waals surface area contributed by atoms with Crippen molar-refractivity contribution in [2.75, 3.05) is 11.5 Å². The van der Waals surface area contributed by atoms with E-state index in [9.17, 15) is 13.2 Å². The third kappa shape index (κ3) is 3.82. The van der Waals surface area contributed by atoms with E-state index in [1.165, 1.54) is 36.0 Å². The predicted octanol–water partition coefficient (Wildman–Crippen LogP) is 1.08. The monoisotopic (exact) mass is 327 g/mol. The quantitative estimate of drug-likeness (QED) is 0.792. The molecule has 0 atom stereocenters. The molecule has 0 saturated heterocycles. The second kappa shape index (κ2) is 6.27. The lowest BCUT2D eigenvalue weighted by Crippen LogP contribution is -2.09. The van der Waals surface area contributed by atoms with Gasteiger partial charge in [-0.2, -0.15) is 0 Å². The zero-order valence-electron chi connectivity index (χ0n) is 11.1. The summed E-state index contributed by atoms with van der Waals surface area (Å²) in [5, 5.41) is 17.0. The highest BCUT2D eigenvalue weighted by Gasteiger charge is 2.15. The molecule has 112 valence electrons. The lowest BCUT2D eigenvalue weighted by atomic mass is 10.2. The number of carboxylic acid groups (broad SMARTS) is 1. The van der Waals surface area contributed by atoms with Crippen LogP contribution in [-0.4, -0.2) is 45.8 Å². The Morgan fingerprint density at radius 2 is 2.00 bits per heavy atom. The zero-order valence-corrected chi connectivity index (χ0v) is 12.8. The van der Waals surface area contributed by atoms with Crippen molar-refractivity contribution in [3.05, 3.63) is 36.2 Å². The largest absolute Gasteiger partial charge is 0.478 e. The lowest BCUT2D eigenvalue weighted by molar-refractivity contribution is 0.0696. The van der Waals surface area contributed by atoms with Crippen molar-refractivity contribution >= 4 is 27.6 Å². The first-order chi connectivity index (χ1) is 9.90. The predicted molar refractivity (Wildman–Crippen MR) is 77.2 cm³/mol. The summed E-state index contributed by atoms with van der Waals surface area (Å²) in [4.78, 5) is 10.8. The maximum Gasteiger partial charge on any atom is 0.335 e. The third-order valence-electron chi connectivity index (χ3n) is 2.71. The highest BCUT2D eigenvalue weighted by molar-refractivity contribution is 8.00. The van der Waals surface area contributed by atoms with Crippen molar-refractivity contribution < 1.29 is 18.3 Å². The van der Waals surface area contributed by atoms with E-state index in [1.54, 1.807) is 17.9 Å². The Kier molecular flexibility index (Phi) is 4.63. The Labute approximate surface area is 125 Å². The molecule has 2 aromatic rings. The van der Waals surface area contributed by atoms with Gasteiger partial charge in [0.05, 0.1) is 16.2 Å². The first kappa shape index (κ1) is 15.5. The van der Waals surface area contributed by atoms with E-state index in [2.05, 4.69) is 10.2 Å². The van der Waals surface area contributed by atoms with Gasteiger partial charge in [0.2, 0.25) is 0 Å². The lowest BCUT2D eigenvalue weighted by Gasteiger charge is -2.04. The van der Waals surface area contributed by atoms with E-state index in [-0.39, 0.29) is 16.2 Å². The minimum atomic E-state index is -3.44. The summed E-state index contributed by atoms with van der Waals surface area (Å²) < 4.78 is 26.0. The van der Waals surface area contributed by atoms with Crippen molar-refractivity contribution in [3.63, 3.8) is 0 Å². The summed E-state index contributed by atoms with van der Waals surface area (Å²) in [5.41, 5.74) is 0.0578. The topological polar surface area (TPSA) is 102 Å². The fourth-order valence-electron chi connectivity index (χ4n) is 1.57. The number of rotatable bonds is 6. The first-order valence-electron chi connectivity index (χ1n) is 5.93. The van der Waals surface area contributed by atoms with Crippen LogP contribution in [0.1, 0.15) is 10.4 Å². The molecule has 1 aromatic carbocycles. The van der Waals surface area contributed by atoms with Gasteiger partial charge in [-0.1, -0.05) is 11.8 Å². The Morgan fingerprint density at radius 3 is 2.52 bits per heavy atom. The minimum Gasteiger partial charge on any atom is -0.478 e. The molecular weight excluding hydrogens is 314 g/mol. The number of hydrogen-bond donors (Lipinski definition) is 1. The molecule has 0 aliphatic heterocycles. The van der Waals surface area contributed by atoms with Crippen LogP contribution in [0.5, 0.6) is 0 Å². The Morgan fingerprint density at radius 1 is 1.33 bits per heavy atom. The fraction of sp³-hybridized carbons (Fsp3) is 0.250. The van der Waals surface area contributed by atoms with Crippen LogP contribution in [0, 0.1) is 0 Å². The number of aryl methyl sites for hydroxylation is 1. The van der Waals surface area contributed by atoms with E-state index in [0.29, 0.717) is 10.9 Å². The molecule has 0 fully saturated rings. The maximum atomic E-state index is 12.1. The zero-order chi connectivity index (χ0) is 15.5. The van der Waals surface area contributed by atoms with Gasteiger partial charge in [0.15, 0.2) is 15.0 Å².